The summed E-state index contributed by atoms with van der Waals surface area (Å²) in [6.45, 7) is 0.476. The van der Waals surface area contributed by atoms with Crippen LogP contribution in [0, 0.1) is 0 Å². The summed E-state index contributed by atoms with van der Waals surface area (Å²) in [6.07, 6.45) is 3.66. The van der Waals surface area contributed by atoms with Crippen LogP contribution in [0.4, 0.5) is 0 Å². The van der Waals surface area contributed by atoms with Crippen molar-refractivity contribution >= 4 is 24.0 Å². The van der Waals surface area contributed by atoms with Crippen molar-refractivity contribution in [1.29, 1.82) is 0 Å². The molecule has 0 amide bonds. The number of halogens is 2. The number of hydrogen-bond acceptors (Lipinski definition) is 2. The number of hydrogen-bond donors (Lipinski definition) is 0. The van der Waals surface area contributed by atoms with Crippen molar-refractivity contribution in [2.75, 3.05) is 0 Å². The molecular weight excluding hydrogens is 259 g/mol. The van der Waals surface area contributed by atoms with Crippen LogP contribution in [0.5, 0.6) is 5.75 Å². The Balaban J connectivity index is 0.00000144. The Hall–Kier alpha value is -1.19. The van der Waals surface area contributed by atoms with Crippen LogP contribution >= 0.6 is 24.0 Å². The van der Waals surface area contributed by atoms with E-state index in [1.54, 1.807) is 6.20 Å². The van der Waals surface area contributed by atoms with Gasteiger partial charge in [0.05, 0.1) is 0 Å². The Bertz CT molecular complexity index is 454. The van der Waals surface area contributed by atoms with Gasteiger partial charge in [-0.05, 0) is 17.7 Å². The third-order valence-corrected chi connectivity index (χ3v) is 2.68. The number of benzene rings is 1. The van der Waals surface area contributed by atoms with Crippen LogP contribution in [-0.4, -0.2) is 9.55 Å². The molecule has 0 spiro atoms. The van der Waals surface area contributed by atoms with Crippen LogP contribution in [0.2, 0.25) is 0 Å². The van der Waals surface area contributed by atoms with Crippen molar-refractivity contribution in [3.05, 3.63) is 48.0 Å². The molecule has 0 saturated heterocycles. The maximum absolute atomic E-state index is 5.70. The third-order valence-electron chi connectivity index (χ3n) is 2.37. The van der Waals surface area contributed by atoms with E-state index in [1.807, 2.05) is 42.1 Å². The van der Waals surface area contributed by atoms with Gasteiger partial charge in [-0.15, -0.1) is 24.0 Å². The van der Waals surface area contributed by atoms with Gasteiger partial charge in [-0.1, -0.05) is 12.1 Å². The highest BCUT2D eigenvalue weighted by Gasteiger charge is 2.00. The lowest BCUT2D eigenvalue weighted by molar-refractivity contribution is 0.292. The second kappa shape index (κ2) is 6.52. The Kier molecular flexibility index (Phi) is 5.32. The van der Waals surface area contributed by atoms with Gasteiger partial charge in [0.15, 0.2) is 0 Å². The molecule has 92 valence electrons. The Morgan fingerprint density at radius 3 is 2.53 bits per heavy atom. The standard InChI is InChI=1S/C12H13ClN2O.ClH/c1-15-7-6-14-12(15)9-16-11-4-2-10(8-13)3-5-11;/h2-7H,8-9H2,1H3;1H. The molecule has 1 heterocycles. The zero-order valence-corrected chi connectivity index (χ0v) is 11.0. The first-order chi connectivity index (χ1) is 7.79. The van der Waals surface area contributed by atoms with Gasteiger partial charge in [-0.25, -0.2) is 4.98 Å². The second-order valence-electron chi connectivity index (χ2n) is 3.52. The summed E-state index contributed by atoms with van der Waals surface area (Å²) in [6, 6.07) is 7.75. The first-order valence-corrected chi connectivity index (χ1v) is 5.57. The molecule has 5 heteroatoms. The first kappa shape index (κ1) is 13.9. The molecule has 2 aromatic rings. The van der Waals surface area contributed by atoms with Crippen molar-refractivity contribution in [3.8, 4) is 5.75 Å². The van der Waals surface area contributed by atoms with Gasteiger partial charge < -0.3 is 9.30 Å². The average Bonchev–Trinajstić information content (AvgIpc) is 2.73. The lowest BCUT2D eigenvalue weighted by Crippen LogP contribution is -2.02. The lowest BCUT2D eigenvalue weighted by Gasteiger charge is -2.06. The molecule has 0 bridgehead atoms. The van der Waals surface area contributed by atoms with Gasteiger partial charge in [0.1, 0.15) is 18.2 Å². The van der Waals surface area contributed by atoms with E-state index in [0.29, 0.717) is 12.5 Å². The monoisotopic (exact) mass is 272 g/mol. The second-order valence-corrected chi connectivity index (χ2v) is 3.79. The molecule has 0 radical (unpaired) electrons. The number of imidazole rings is 1. The lowest BCUT2D eigenvalue weighted by atomic mass is 10.2. The molecule has 0 unspecified atom stereocenters. The molecule has 3 nitrogen and oxygen atoms in total. The SMILES string of the molecule is Cl.Cn1ccnc1COc1ccc(CCl)cc1. The predicted octanol–water partition coefficient (Wildman–Crippen LogP) is 3.16. The van der Waals surface area contributed by atoms with Crippen LogP contribution in [0.15, 0.2) is 36.7 Å². The first-order valence-electron chi connectivity index (χ1n) is 5.03. The minimum Gasteiger partial charge on any atom is -0.486 e. The van der Waals surface area contributed by atoms with Gasteiger partial charge in [0, 0.05) is 25.3 Å². The molecule has 1 aromatic heterocycles. The topological polar surface area (TPSA) is 27.1 Å². The van der Waals surface area contributed by atoms with Crippen molar-refractivity contribution in [2.24, 2.45) is 7.05 Å². The van der Waals surface area contributed by atoms with Crippen molar-refractivity contribution in [2.45, 2.75) is 12.5 Å². The Morgan fingerprint density at radius 1 is 1.29 bits per heavy atom. The molecule has 0 N–H and O–H groups in total. The fraction of sp³-hybridized carbons (Fsp3) is 0.250. The van der Waals surface area contributed by atoms with Crippen LogP contribution in [0.1, 0.15) is 11.4 Å². The number of nitrogens with zero attached hydrogens (tertiary/aromatic N) is 2. The fourth-order valence-corrected chi connectivity index (χ4v) is 1.54. The van der Waals surface area contributed by atoms with E-state index in [9.17, 15) is 0 Å². The minimum absolute atomic E-state index is 0. The number of aromatic nitrogens is 2. The minimum atomic E-state index is 0. The summed E-state index contributed by atoms with van der Waals surface area (Å²) >= 11 is 5.70. The van der Waals surface area contributed by atoms with E-state index in [-0.39, 0.29) is 12.4 Å². The molecule has 0 aliphatic carbocycles. The van der Waals surface area contributed by atoms with Crippen LogP contribution in [0.3, 0.4) is 0 Å². The van der Waals surface area contributed by atoms with Crippen LogP contribution in [-0.2, 0) is 19.5 Å². The van der Waals surface area contributed by atoms with Gasteiger partial charge >= 0.3 is 0 Å². The molecular formula is C12H14Cl2N2O. The number of aryl methyl sites for hydroxylation is 1. The van der Waals surface area contributed by atoms with E-state index in [2.05, 4.69) is 4.98 Å². The fourth-order valence-electron chi connectivity index (χ4n) is 1.36. The van der Waals surface area contributed by atoms with Gasteiger partial charge in [-0.2, -0.15) is 0 Å². The number of rotatable bonds is 4. The third kappa shape index (κ3) is 3.65. The molecule has 2 rings (SSSR count). The van der Waals surface area contributed by atoms with Crippen LogP contribution < -0.4 is 4.74 Å². The average molecular weight is 273 g/mol. The summed E-state index contributed by atoms with van der Waals surface area (Å²) in [5.41, 5.74) is 1.09. The highest BCUT2D eigenvalue weighted by atomic mass is 35.5. The molecule has 0 aliphatic rings. The van der Waals surface area contributed by atoms with Crippen molar-refractivity contribution in [1.82, 2.24) is 9.55 Å². The molecule has 0 fully saturated rings. The molecule has 0 aliphatic heterocycles. The predicted molar refractivity (Wildman–Crippen MR) is 70.8 cm³/mol. The highest BCUT2D eigenvalue weighted by molar-refractivity contribution is 6.17. The van der Waals surface area contributed by atoms with Gasteiger partial charge in [-0.3, -0.25) is 0 Å². The Morgan fingerprint density at radius 2 is 2.00 bits per heavy atom. The molecule has 0 saturated carbocycles. The molecule has 17 heavy (non-hydrogen) atoms. The highest BCUT2D eigenvalue weighted by Crippen LogP contribution is 2.14. The quantitative estimate of drug-likeness (QED) is 0.800. The molecule has 1 aromatic carbocycles. The summed E-state index contributed by atoms with van der Waals surface area (Å²) in [5, 5.41) is 0. The summed E-state index contributed by atoms with van der Waals surface area (Å²) in [4.78, 5) is 4.18. The maximum atomic E-state index is 5.70. The van der Waals surface area contributed by atoms with E-state index >= 15 is 0 Å². The summed E-state index contributed by atoms with van der Waals surface area (Å²) < 4.78 is 7.54. The van der Waals surface area contributed by atoms with Crippen molar-refractivity contribution in [3.63, 3.8) is 0 Å². The zero-order chi connectivity index (χ0) is 11.4. The zero-order valence-electron chi connectivity index (χ0n) is 9.47. The number of ether oxygens (including phenoxy) is 1. The van der Waals surface area contributed by atoms with Crippen molar-refractivity contribution < 1.29 is 4.74 Å². The molecule has 0 atom stereocenters. The largest absolute Gasteiger partial charge is 0.486 e. The van der Waals surface area contributed by atoms with Gasteiger partial charge in [0.2, 0.25) is 0 Å². The smallest absolute Gasteiger partial charge is 0.146 e. The Labute approximate surface area is 112 Å². The summed E-state index contributed by atoms with van der Waals surface area (Å²) in [5.74, 6) is 2.26. The van der Waals surface area contributed by atoms with Gasteiger partial charge in [0.25, 0.3) is 0 Å². The van der Waals surface area contributed by atoms with E-state index in [0.717, 1.165) is 17.1 Å². The number of alkyl halides is 1. The van der Waals surface area contributed by atoms with E-state index < -0.39 is 0 Å². The van der Waals surface area contributed by atoms with E-state index in [4.69, 9.17) is 16.3 Å². The normalized spacial score (nSPS) is 9.76. The summed E-state index contributed by atoms with van der Waals surface area (Å²) in [7, 11) is 1.95. The van der Waals surface area contributed by atoms with Crippen LogP contribution in [0.25, 0.3) is 0 Å². The van der Waals surface area contributed by atoms with E-state index in [1.165, 1.54) is 0 Å². The maximum Gasteiger partial charge on any atom is 0.146 e.